The van der Waals surface area contributed by atoms with E-state index in [0.29, 0.717) is 12.8 Å². The lowest BCUT2D eigenvalue weighted by molar-refractivity contribution is -0.0483. The molecule has 0 bridgehead atoms. The van der Waals surface area contributed by atoms with Gasteiger partial charge in [-0.25, -0.2) is 4.79 Å². The smallest absolute Gasteiger partial charge is 0.404 e. The number of ether oxygens (including phenoxy) is 1. The van der Waals surface area contributed by atoms with Crippen LogP contribution in [0.2, 0.25) is 0 Å². The Kier molecular flexibility index (Phi) is 3.11. The molecule has 1 amide bonds. The maximum absolute atomic E-state index is 10.3. The van der Waals surface area contributed by atoms with Crippen LogP contribution in [0.25, 0.3) is 0 Å². The molecule has 0 aromatic heterocycles. The maximum atomic E-state index is 10.3. The van der Waals surface area contributed by atoms with Crippen LogP contribution in [0.4, 0.5) is 4.79 Å². The predicted octanol–water partition coefficient (Wildman–Crippen LogP) is -0.286. The number of hydrogen-bond acceptors (Lipinski definition) is 4. The molecule has 0 aromatic rings. The first kappa shape index (κ1) is 10.3. The quantitative estimate of drug-likeness (QED) is 0.554. The number of amides is 1. The van der Waals surface area contributed by atoms with Crippen molar-refractivity contribution in [2.45, 2.75) is 37.3 Å². The van der Waals surface area contributed by atoms with Gasteiger partial charge < -0.3 is 21.3 Å². The second-order valence-electron chi connectivity index (χ2n) is 3.67. The Morgan fingerprint density at radius 2 is 2.08 bits per heavy atom. The topological polar surface area (TPSA) is 98.6 Å². The van der Waals surface area contributed by atoms with Gasteiger partial charge >= 0.3 is 6.09 Å². The fourth-order valence-electron chi connectivity index (χ4n) is 1.53. The van der Waals surface area contributed by atoms with Gasteiger partial charge in [-0.15, -0.1) is 0 Å². The van der Waals surface area contributed by atoms with E-state index in [1.807, 2.05) is 0 Å². The molecule has 0 saturated heterocycles. The summed E-state index contributed by atoms with van der Waals surface area (Å²) in [6.07, 6.45) is 1.82. The maximum Gasteiger partial charge on any atom is 0.404 e. The third-order valence-electron chi connectivity index (χ3n) is 2.44. The summed E-state index contributed by atoms with van der Waals surface area (Å²) < 4.78 is 4.57. The molecule has 0 heterocycles. The number of hydrogen-bond donors (Lipinski definition) is 3. The summed E-state index contributed by atoms with van der Waals surface area (Å²) in [4.78, 5) is 10.3. The molecule has 5 nitrogen and oxygen atoms in total. The van der Waals surface area contributed by atoms with E-state index in [-0.39, 0.29) is 12.6 Å². The highest BCUT2D eigenvalue weighted by atomic mass is 16.6. The monoisotopic (exact) mass is 188 g/mol. The molecule has 0 spiro atoms. The van der Waals surface area contributed by atoms with Crippen LogP contribution in [0.3, 0.4) is 0 Å². The molecule has 13 heavy (non-hydrogen) atoms. The molecule has 0 aliphatic heterocycles. The zero-order valence-corrected chi connectivity index (χ0v) is 7.53. The van der Waals surface area contributed by atoms with Gasteiger partial charge in [-0.05, 0) is 25.7 Å². The van der Waals surface area contributed by atoms with Crippen molar-refractivity contribution in [3.8, 4) is 0 Å². The minimum atomic E-state index is -0.912. The fourth-order valence-corrected chi connectivity index (χ4v) is 1.53. The largest absolute Gasteiger partial charge is 0.447 e. The van der Waals surface area contributed by atoms with E-state index >= 15 is 0 Å². The van der Waals surface area contributed by atoms with E-state index in [9.17, 15) is 9.90 Å². The van der Waals surface area contributed by atoms with Crippen LogP contribution in [0.15, 0.2) is 0 Å². The van der Waals surface area contributed by atoms with Gasteiger partial charge in [0.25, 0.3) is 0 Å². The van der Waals surface area contributed by atoms with Crippen molar-refractivity contribution in [1.29, 1.82) is 0 Å². The highest BCUT2D eigenvalue weighted by molar-refractivity contribution is 5.64. The molecule has 0 aromatic carbocycles. The minimum absolute atomic E-state index is 0.0188. The Morgan fingerprint density at radius 3 is 2.54 bits per heavy atom. The number of carbonyl (C=O) groups is 1. The zero-order valence-electron chi connectivity index (χ0n) is 7.53. The molecular formula is C8H16N2O3. The number of rotatable bonds is 2. The fraction of sp³-hybridized carbons (Fsp3) is 0.875. The number of carbonyl (C=O) groups excluding carboxylic acids is 1. The van der Waals surface area contributed by atoms with Gasteiger partial charge in [0.15, 0.2) is 0 Å². The molecule has 1 fully saturated rings. The van der Waals surface area contributed by atoms with Crippen molar-refractivity contribution in [3.05, 3.63) is 0 Å². The van der Waals surface area contributed by atoms with E-state index in [2.05, 4.69) is 4.74 Å². The van der Waals surface area contributed by atoms with E-state index in [1.54, 1.807) is 0 Å². The summed E-state index contributed by atoms with van der Waals surface area (Å²) in [6.45, 7) is -0.0188. The molecule has 1 aliphatic rings. The Labute approximate surface area is 77.0 Å². The van der Waals surface area contributed by atoms with Gasteiger partial charge in [0.05, 0.1) is 5.60 Å². The average Bonchev–Trinajstić information content (AvgIpc) is 2.08. The lowest BCUT2D eigenvalue weighted by Gasteiger charge is -2.33. The minimum Gasteiger partial charge on any atom is -0.447 e. The standard InChI is InChI=1S/C8H16N2O3/c9-6-1-3-8(12,4-2-6)5-13-7(10)11/h6,12H,1-5,9H2,(H2,10,11). The van der Waals surface area contributed by atoms with Crippen LogP contribution in [0.1, 0.15) is 25.7 Å². The average molecular weight is 188 g/mol. The van der Waals surface area contributed by atoms with Gasteiger partial charge in [0.2, 0.25) is 0 Å². The molecule has 5 N–H and O–H groups in total. The number of primary amides is 1. The van der Waals surface area contributed by atoms with Crippen molar-refractivity contribution in [3.63, 3.8) is 0 Å². The summed E-state index contributed by atoms with van der Waals surface area (Å²) in [5.74, 6) is 0. The van der Waals surface area contributed by atoms with Crippen LogP contribution >= 0.6 is 0 Å². The van der Waals surface area contributed by atoms with Crippen LogP contribution in [0, 0.1) is 0 Å². The van der Waals surface area contributed by atoms with Gasteiger partial charge in [-0.2, -0.15) is 0 Å². The summed E-state index contributed by atoms with van der Waals surface area (Å²) >= 11 is 0. The van der Waals surface area contributed by atoms with E-state index in [0.717, 1.165) is 12.8 Å². The molecule has 0 atom stereocenters. The van der Waals surface area contributed by atoms with E-state index < -0.39 is 11.7 Å². The SMILES string of the molecule is NC(=O)OCC1(O)CCC(N)CC1. The molecular weight excluding hydrogens is 172 g/mol. The van der Waals surface area contributed by atoms with E-state index in [4.69, 9.17) is 11.5 Å². The van der Waals surface area contributed by atoms with Crippen molar-refractivity contribution in [2.75, 3.05) is 6.61 Å². The third-order valence-corrected chi connectivity index (χ3v) is 2.44. The Morgan fingerprint density at radius 1 is 1.54 bits per heavy atom. The van der Waals surface area contributed by atoms with Crippen LogP contribution in [-0.4, -0.2) is 29.4 Å². The molecule has 1 aliphatic carbocycles. The van der Waals surface area contributed by atoms with Crippen molar-refractivity contribution < 1.29 is 14.6 Å². The molecule has 1 rings (SSSR count). The molecule has 5 heteroatoms. The summed E-state index contributed by atoms with van der Waals surface area (Å²) in [6, 6.07) is 0.161. The van der Waals surface area contributed by atoms with Crippen LogP contribution in [0.5, 0.6) is 0 Å². The third kappa shape index (κ3) is 3.20. The molecule has 1 saturated carbocycles. The predicted molar refractivity (Wildman–Crippen MR) is 46.9 cm³/mol. The Bertz CT molecular complexity index is 188. The number of nitrogens with two attached hydrogens (primary N) is 2. The first-order valence-electron chi connectivity index (χ1n) is 4.42. The molecule has 0 radical (unpaired) electrons. The second-order valence-corrected chi connectivity index (χ2v) is 3.67. The number of aliphatic hydroxyl groups is 1. The summed E-state index contributed by atoms with van der Waals surface area (Å²) in [5, 5.41) is 9.85. The van der Waals surface area contributed by atoms with Crippen molar-refractivity contribution in [2.24, 2.45) is 11.5 Å². The van der Waals surface area contributed by atoms with Crippen LogP contribution in [-0.2, 0) is 4.74 Å². The van der Waals surface area contributed by atoms with Gasteiger partial charge in [-0.1, -0.05) is 0 Å². The van der Waals surface area contributed by atoms with Crippen molar-refractivity contribution >= 4 is 6.09 Å². The van der Waals surface area contributed by atoms with Gasteiger partial charge in [0, 0.05) is 6.04 Å². The highest BCUT2D eigenvalue weighted by Gasteiger charge is 2.33. The first-order chi connectivity index (χ1) is 6.02. The van der Waals surface area contributed by atoms with Crippen molar-refractivity contribution in [1.82, 2.24) is 0 Å². The van der Waals surface area contributed by atoms with E-state index in [1.165, 1.54) is 0 Å². The van der Waals surface area contributed by atoms with Gasteiger partial charge in [-0.3, -0.25) is 0 Å². The Balaban J connectivity index is 2.34. The summed E-state index contributed by atoms with van der Waals surface area (Å²) in [7, 11) is 0. The second kappa shape index (κ2) is 3.93. The lowest BCUT2D eigenvalue weighted by atomic mass is 9.83. The van der Waals surface area contributed by atoms with Crippen LogP contribution < -0.4 is 11.5 Å². The normalized spacial score (nSPS) is 34.2. The molecule has 0 unspecified atom stereocenters. The van der Waals surface area contributed by atoms with Gasteiger partial charge in [0.1, 0.15) is 6.61 Å². The Hall–Kier alpha value is -0.810. The zero-order chi connectivity index (χ0) is 9.90. The highest BCUT2D eigenvalue weighted by Crippen LogP contribution is 2.27. The first-order valence-corrected chi connectivity index (χ1v) is 4.42. The summed E-state index contributed by atoms with van der Waals surface area (Å²) in [5.41, 5.74) is 9.56. The lowest BCUT2D eigenvalue weighted by Crippen LogP contribution is -2.43. The molecule has 76 valence electrons.